The summed E-state index contributed by atoms with van der Waals surface area (Å²) < 4.78 is 13.2. The number of ether oxygens (including phenoxy) is 2. The Balaban J connectivity index is 1.30. The minimum Gasteiger partial charge on any atom is -0.481 e. The molecule has 48 heavy (non-hydrogen) atoms. The van der Waals surface area contributed by atoms with Crippen LogP contribution in [0.2, 0.25) is 0 Å². The predicted octanol–water partition coefficient (Wildman–Crippen LogP) is 6.87. The Morgan fingerprint density at radius 3 is 2.19 bits per heavy atom. The first kappa shape index (κ1) is 34.8. The van der Waals surface area contributed by atoms with Crippen LogP contribution in [0.3, 0.4) is 0 Å². The Labute approximate surface area is 284 Å². The smallest absolute Gasteiger partial charge is 0.303 e. The van der Waals surface area contributed by atoms with Gasteiger partial charge in [-0.2, -0.15) is 0 Å². The summed E-state index contributed by atoms with van der Waals surface area (Å²) in [7, 11) is 0. The molecule has 2 amide bonds. The number of carbonyl (C=O) groups excluding carboxylic acids is 2. The maximum atomic E-state index is 12.0. The zero-order valence-electron chi connectivity index (χ0n) is 26.9. The van der Waals surface area contributed by atoms with E-state index in [0.29, 0.717) is 12.3 Å². The van der Waals surface area contributed by atoms with Crippen LogP contribution < -0.4 is 10.6 Å². The molecule has 250 valence electrons. The van der Waals surface area contributed by atoms with Crippen molar-refractivity contribution in [1.29, 1.82) is 0 Å². The van der Waals surface area contributed by atoms with Crippen molar-refractivity contribution in [2.24, 2.45) is 5.92 Å². The average Bonchev–Trinajstić information content (AvgIpc) is 3.10. The molecule has 4 aromatic rings. The first-order chi connectivity index (χ1) is 23.2. The van der Waals surface area contributed by atoms with Gasteiger partial charge in [0, 0.05) is 47.7 Å². The number of aliphatic hydroxyl groups is 1. The third kappa shape index (κ3) is 9.54. The number of benzene rings is 4. The standard InChI is InChI=1S/C38H40N2O7S/c1-24-34(23-48-33-16-14-32(15-17-33)40-25(2)42)46-38(47-37(24)29-8-6-26(22-41)7-9-29)30-12-10-28(11-13-30)31-5-3-4-27(20-31)21-39-35(43)18-19-36(44)45/h3-17,20,24,34,37-38,41H,18-19,21-23H2,1-2H3,(H,39,43)(H,40,42)(H,44,45)/t24-,34+,37+,38+/m1/s1. The Morgan fingerprint density at radius 2 is 1.52 bits per heavy atom. The van der Waals surface area contributed by atoms with Gasteiger partial charge in [0.15, 0.2) is 6.29 Å². The zero-order chi connectivity index (χ0) is 34.0. The first-order valence-corrected chi connectivity index (χ1v) is 16.9. The number of amides is 2. The lowest BCUT2D eigenvalue weighted by molar-refractivity contribution is -0.268. The topological polar surface area (TPSA) is 134 Å². The number of rotatable bonds is 13. The molecule has 1 aliphatic rings. The van der Waals surface area contributed by atoms with Gasteiger partial charge in [-0.3, -0.25) is 14.4 Å². The van der Waals surface area contributed by atoms with Crippen molar-refractivity contribution in [2.45, 2.75) is 63.2 Å². The van der Waals surface area contributed by atoms with Gasteiger partial charge < -0.3 is 30.3 Å². The minimum atomic E-state index is -0.998. The number of carboxylic acid groups (broad SMARTS) is 1. The molecule has 0 saturated carbocycles. The van der Waals surface area contributed by atoms with Crippen LogP contribution in [0.1, 0.15) is 61.3 Å². The highest BCUT2D eigenvalue weighted by Crippen LogP contribution is 2.43. The van der Waals surface area contributed by atoms with Gasteiger partial charge in [-0.15, -0.1) is 11.8 Å². The maximum Gasteiger partial charge on any atom is 0.303 e. The summed E-state index contributed by atoms with van der Waals surface area (Å²) in [6.07, 6.45) is -1.21. The van der Waals surface area contributed by atoms with Gasteiger partial charge in [-0.1, -0.05) is 73.7 Å². The van der Waals surface area contributed by atoms with E-state index in [9.17, 15) is 19.5 Å². The Morgan fingerprint density at radius 1 is 0.812 bits per heavy atom. The van der Waals surface area contributed by atoms with Crippen LogP contribution in [0.25, 0.3) is 11.1 Å². The molecular weight excluding hydrogens is 628 g/mol. The van der Waals surface area contributed by atoms with Crippen LogP contribution in [0, 0.1) is 5.92 Å². The molecule has 0 unspecified atom stereocenters. The number of carboxylic acids is 1. The molecular formula is C38H40N2O7S. The number of hydrogen-bond donors (Lipinski definition) is 4. The number of carbonyl (C=O) groups is 3. The van der Waals surface area contributed by atoms with Gasteiger partial charge in [0.25, 0.3) is 0 Å². The Kier molecular flexibility index (Phi) is 12.0. The second-order valence-electron chi connectivity index (χ2n) is 11.8. The summed E-state index contributed by atoms with van der Waals surface area (Å²) in [5.41, 5.74) is 6.39. The molecule has 0 bridgehead atoms. The van der Waals surface area contributed by atoms with E-state index in [1.807, 2.05) is 97.1 Å². The van der Waals surface area contributed by atoms with Crippen LogP contribution >= 0.6 is 11.8 Å². The summed E-state index contributed by atoms with van der Waals surface area (Å²) in [5, 5.41) is 23.9. The van der Waals surface area contributed by atoms with Crippen molar-refractivity contribution in [3.63, 3.8) is 0 Å². The monoisotopic (exact) mass is 668 g/mol. The number of anilines is 1. The van der Waals surface area contributed by atoms with Crippen molar-refractivity contribution in [3.05, 3.63) is 119 Å². The molecule has 1 saturated heterocycles. The van der Waals surface area contributed by atoms with Gasteiger partial charge in [-0.05, 0) is 58.1 Å². The van der Waals surface area contributed by atoms with Crippen LogP contribution in [-0.4, -0.2) is 39.9 Å². The second-order valence-corrected chi connectivity index (χ2v) is 12.9. The van der Waals surface area contributed by atoms with E-state index in [0.717, 1.165) is 44.0 Å². The first-order valence-electron chi connectivity index (χ1n) is 15.9. The number of thioether (sulfide) groups is 1. The van der Waals surface area contributed by atoms with Crippen LogP contribution in [0.4, 0.5) is 5.69 Å². The quantitative estimate of drug-likeness (QED) is 0.114. The lowest BCUT2D eigenvalue weighted by Crippen LogP contribution is -2.38. The molecule has 0 spiro atoms. The largest absolute Gasteiger partial charge is 0.481 e. The summed E-state index contributed by atoms with van der Waals surface area (Å²) in [4.78, 5) is 35.2. The fourth-order valence-electron chi connectivity index (χ4n) is 5.53. The molecule has 0 aliphatic carbocycles. The zero-order valence-corrected chi connectivity index (χ0v) is 27.7. The van der Waals surface area contributed by atoms with E-state index >= 15 is 0 Å². The highest BCUT2D eigenvalue weighted by molar-refractivity contribution is 7.99. The molecule has 0 aromatic heterocycles. The third-order valence-electron chi connectivity index (χ3n) is 8.21. The number of hydrogen-bond acceptors (Lipinski definition) is 7. The molecule has 0 radical (unpaired) electrons. The lowest BCUT2D eigenvalue weighted by Gasteiger charge is -2.41. The number of aliphatic carboxylic acids is 1. The van der Waals surface area contributed by atoms with Crippen LogP contribution in [0.5, 0.6) is 0 Å². The number of aliphatic hydroxyl groups excluding tert-OH is 1. The molecule has 1 fully saturated rings. The molecule has 4 N–H and O–H groups in total. The Bertz CT molecular complexity index is 1690. The highest BCUT2D eigenvalue weighted by Gasteiger charge is 2.38. The average molecular weight is 669 g/mol. The summed E-state index contributed by atoms with van der Waals surface area (Å²) in [6.45, 7) is 3.91. The molecule has 5 rings (SSSR count). The van der Waals surface area contributed by atoms with Gasteiger partial charge in [0.1, 0.15) is 0 Å². The maximum absolute atomic E-state index is 12.0. The molecule has 4 atom stereocenters. The van der Waals surface area contributed by atoms with Gasteiger partial charge in [-0.25, -0.2) is 0 Å². The summed E-state index contributed by atoms with van der Waals surface area (Å²) >= 11 is 1.69. The summed E-state index contributed by atoms with van der Waals surface area (Å²) in [6, 6.07) is 31.5. The molecule has 10 heteroatoms. The van der Waals surface area contributed by atoms with Crippen molar-refractivity contribution < 1.29 is 34.1 Å². The van der Waals surface area contributed by atoms with E-state index in [-0.39, 0.29) is 49.4 Å². The molecule has 4 aromatic carbocycles. The van der Waals surface area contributed by atoms with Crippen LogP contribution in [0.15, 0.2) is 102 Å². The van der Waals surface area contributed by atoms with E-state index in [1.165, 1.54) is 6.92 Å². The van der Waals surface area contributed by atoms with Gasteiger partial charge in [0.05, 0.1) is 25.2 Å². The predicted molar refractivity (Wildman–Crippen MR) is 185 cm³/mol. The van der Waals surface area contributed by atoms with E-state index in [4.69, 9.17) is 14.6 Å². The normalized spacial score (nSPS) is 19.0. The van der Waals surface area contributed by atoms with Crippen molar-refractivity contribution in [1.82, 2.24) is 5.32 Å². The van der Waals surface area contributed by atoms with Gasteiger partial charge >= 0.3 is 5.97 Å². The molecule has 9 nitrogen and oxygen atoms in total. The van der Waals surface area contributed by atoms with E-state index in [2.05, 4.69) is 17.6 Å². The van der Waals surface area contributed by atoms with Crippen molar-refractivity contribution in [2.75, 3.05) is 11.1 Å². The minimum absolute atomic E-state index is 0.0240. The van der Waals surface area contributed by atoms with Crippen molar-refractivity contribution >= 4 is 35.2 Å². The molecule has 1 heterocycles. The second kappa shape index (κ2) is 16.6. The lowest BCUT2D eigenvalue weighted by atomic mass is 9.91. The third-order valence-corrected chi connectivity index (χ3v) is 9.31. The number of nitrogens with one attached hydrogen (secondary N) is 2. The SMILES string of the molecule is CC(=O)Nc1ccc(SC[C@@H]2O[C@H](c3ccc(-c4cccc(CNC(=O)CCC(=O)O)c4)cc3)O[C@H](c3ccc(CO)cc3)[C@@H]2C)cc1. The van der Waals surface area contributed by atoms with Crippen molar-refractivity contribution in [3.8, 4) is 11.1 Å². The fourth-order valence-corrected chi connectivity index (χ4v) is 6.60. The molecule has 1 aliphatic heterocycles. The van der Waals surface area contributed by atoms with Gasteiger partial charge in [0.2, 0.25) is 11.8 Å². The Hall–Kier alpha value is -4.48. The highest BCUT2D eigenvalue weighted by atomic mass is 32.2. The fraction of sp³-hybridized carbons (Fsp3) is 0.289. The van der Waals surface area contributed by atoms with E-state index in [1.54, 1.807) is 11.8 Å². The van der Waals surface area contributed by atoms with E-state index < -0.39 is 12.3 Å². The summed E-state index contributed by atoms with van der Waals surface area (Å²) in [5.74, 6) is -0.666. The van der Waals surface area contributed by atoms with Crippen LogP contribution in [-0.2, 0) is 37.0 Å².